The van der Waals surface area contributed by atoms with Gasteiger partial charge < -0.3 is 9.84 Å². The molecule has 0 aliphatic carbocycles. The number of aliphatic carboxylic acids is 1. The normalized spacial score (nSPS) is 12.5. The van der Waals surface area contributed by atoms with Crippen LogP contribution in [0.1, 0.15) is 25.5 Å². The van der Waals surface area contributed by atoms with Gasteiger partial charge in [-0.15, -0.1) is 0 Å². The summed E-state index contributed by atoms with van der Waals surface area (Å²) in [5, 5.41) is 12.2. The van der Waals surface area contributed by atoms with Crippen LogP contribution in [-0.4, -0.2) is 24.2 Å². The number of methoxy groups -OCH3 is 1. The lowest BCUT2D eigenvalue weighted by molar-refractivity contribution is -0.139. The van der Waals surface area contributed by atoms with Gasteiger partial charge in [0.1, 0.15) is 11.8 Å². The third-order valence-electron chi connectivity index (χ3n) is 2.26. The van der Waals surface area contributed by atoms with E-state index in [9.17, 15) is 9.90 Å². The second-order valence-corrected chi connectivity index (χ2v) is 4.84. The number of ether oxygens (including phenoxy) is 1. The molecule has 2 N–H and O–H groups in total. The van der Waals surface area contributed by atoms with E-state index in [2.05, 4.69) is 21.2 Å². The Bertz CT molecular complexity index is 407. The standard InChI is InChI=1S/C12H16BrNO3/c1-7(2)14-11(12(15)16)8-4-5-10(17-3)9(13)6-8/h4-7,11,14H,1-3H3,(H,15,16). The molecule has 0 amide bonds. The van der Waals surface area contributed by atoms with Gasteiger partial charge in [-0.2, -0.15) is 0 Å². The molecule has 4 nitrogen and oxygen atoms in total. The number of halogens is 1. The predicted octanol–water partition coefficient (Wildman–Crippen LogP) is 2.58. The first kappa shape index (κ1) is 14.0. The molecule has 94 valence electrons. The van der Waals surface area contributed by atoms with Crippen LogP contribution in [0, 0.1) is 0 Å². The Morgan fingerprint density at radius 3 is 2.53 bits per heavy atom. The van der Waals surface area contributed by atoms with Crippen LogP contribution in [0.3, 0.4) is 0 Å². The van der Waals surface area contributed by atoms with Gasteiger partial charge in [-0.1, -0.05) is 6.07 Å². The van der Waals surface area contributed by atoms with Crippen molar-refractivity contribution in [3.05, 3.63) is 28.2 Å². The number of rotatable bonds is 5. The minimum absolute atomic E-state index is 0.0944. The van der Waals surface area contributed by atoms with Crippen LogP contribution in [0.2, 0.25) is 0 Å². The zero-order chi connectivity index (χ0) is 13.0. The molecule has 0 bridgehead atoms. The van der Waals surface area contributed by atoms with Crippen LogP contribution in [0.5, 0.6) is 5.75 Å². The van der Waals surface area contributed by atoms with Crippen LogP contribution in [0.4, 0.5) is 0 Å². The van der Waals surface area contributed by atoms with E-state index in [1.807, 2.05) is 13.8 Å². The van der Waals surface area contributed by atoms with Crippen LogP contribution in [0.25, 0.3) is 0 Å². The molecule has 0 spiro atoms. The molecule has 0 saturated heterocycles. The summed E-state index contributed by atoms with van der Waals surface area (Å²) in [6.07, 6.45) is 0. The minimum Gasteiger partial charge on any atom is -0.496 e. The summed E-state index contributed by atoms with van der Waals surface area (Å²) in [7, 11) is 1.57. The van der Waals surface area contributed by atoms with Gasteiger partial charge in [0.25, 0.3) is 0 Å². The predicted molar refractivity (Wildman–Crippen MR) is 69.3 cm³/mol. The summed E-state index contributed by atoms with van der Waals surface area (Å²) >= 11 is 3.35. The van der Waals surface area contributed by atoms with Crippen molar-refractivity contribution >= 4 is 21.9 Å². The first-order chi connectivity index (χ1) is 7.95. The van der Waals surface area contributed by atoms with E-state index in [0.29, 0.717) is 11.3 Å². The first-order valence-electron chi connectivity index (χ1n) is 5.28. The first-order valence-corrected chi connectivity index (χ1v) is 6.07. The van der Waals surface area contributed by atoms with Crippen LogP contribution < -0.4 is 10.1 Å². The van der Waals surface area contributed by atoms with Crippen molar-refractivity contribution in [2.24, 2.45) is 0 Å². The zero-order valence-electron chi connectivity index (χ0n) is 10.0. The molecule has 1 atom stereocenters. The average Bonchev–Trinajstić information content (AvgIpc) is 2.25. The van der Waals surface area contributed by atoms with E-state index in [4.69, 9.17) is 4.74 Å². The summed E-state index contributed by atoms with van der Waals surface area (Å²) in [6.45, 7) is 3.82. The van der Waals surface area contributed by atoms with Crippen LogP contribution >= 0.6 is 15.9 Å². The number of carbonyl (C=O) groups is 1. The van der Waals surface area contributed by atoms with E-state index < -0.39 is 12.0 Å². The Balaban J connectivity index is 3.02. The maximum atomic E-state index is 11.2. The second-order valence-electron chi connectivity index (χ2n) is 3.99. The molecule has 1 rings (SSSR count). The molecule has 0 fully saturated rings. The van der Waals surface area contributed by atoms with Crippen molar-refractivity contribution in [1.82, 2.24) is 5.32 Å². The Labute approximate surface area is 109 Å². The highest BCUT2D eigenvalue weighted by Gasteiger charge is 2.21. The van der Waals surface area contributed by atoms with Crippen molar-refractivity contribution in [3.8, 4) is 5.75 Å². The van der Waals surface area contributed by atoms with Crippen molar-refractivity contribution in [2.45, 2.75) is 25.9 Å². The van der Waals surface area contributed by atoms with Gasteiger partial charge in [-0.05, 0) is 47.5 Å². The molecule has 0 heterocycles. The molecule has 0 radical (unpaired) electrons. The zero-order valence-corrected chi connectivity index (χ0v) is 11.6. The fourth-order valence-electron chi connectivity index (χ4n) is 1.51. The van der Waals surface area contributed by atoms with Gasteiger partial charge in [0.15, 0.2) is 0 Å². The second kappa shape index (κ2) is 6.02. The Morgan fingerprint density at radius 1 is 1.47 bits per heavy atom. The van der Waals surface area contributed by atoms with Gasteiger partial charge in [-0.3, -0.25) is 10.1 Å². The molecule has 1 unspecified atom stereocenters. The fourth-order valence-corrected chi connectivity index (χ4v) is 2.06. The van der Waals surface area contributed by atoms with E-state index in [-0.39, 0.29) is 6.04 Å². The van der Waals surface area contributed by atoms with Gasteiger partial charge in [0.05, 0.1) is 11.6 Å². The van der Waals surface area contributed by atoms with Gasteiger partial charge in [-0.25, -0.2) is 0 Å². The largest absolute Gasteiger partial charge is 0.496 e. The average molecular weight is 302 g/mol. The molecule has 1 aromatic carbocycles. The van der Waals surface area contributed by atoms with Crippen molar-refractivity contribution in [1.29, 1.82) is 0 Å². The fraction of sp³-hybridized carbons (Fsp3) is 0.417. The van der Waals surface area contributed by atoms with Gasteiger partial charge >= 0.3 is 5.97 Å². The number of hydrogen-bond donors (Lipinski definition) is 2. The summed E-state index contributed by atoms with van der Waals surface area (Å²) in [4.78, 5) is 11.2. The van der Waals surface area contributed by atoms with Gasteiger partial charge in [0.2, 0.25) is 0 Å². The summed E-state index contributed by atoms with van der Waals surface area (Å²) in [6, 6.07) is 4.64. The van der Waals surface area contributed by atoms with E-state index in [0.717, 1.165) is 4.47 Å². The Morgan fingerprint density at radius 2 is 2.12 bits per heavy atom. The smallest absolute Gasteiger partial charge is 0.325 e. The quantitative estimate of drug-likeness (QED) is 0.877. The third-order valence-corrected chi connectivity index (χ3v) is 2.88. The number of nitrogens with one attached hydrogen (secondary N) is 1. The highest BCUT2D eigenvalue weighted by Crippen LogP contribution is 2.28. The molecule has 5 heteroatoms. The van der Waals surface area contributed by atoms with Crippen LogP contribution in [-0.2, 0) is 4.79 Å². The van der Waals surface area contributed by atoms with E-state index in [1.165, 1.54) is 0 Å². The van der Waals surface area contributed by atoms with E-state index >= 15 is 0 Å². The highest BCUT2D eigenvalue weighted by atomic mass is 79.9. The maximum absolute atomic E-state index is 11.2. The van der Waals surface area contributed by atoms with Crippen molar-refractivity contribution in [2.75, 3.05) is 7.11 Å². The molecule has 0 aromatic heterocycles. The summed E-state index contributed by atoms with van der Waals surface area (Å²) in [5.41, 5.74) is 0.693. The summed E-state index contributed by atoms with van der Waals surface area (Å²) in [5.74, 6) is -0.210. The van der Waals surface area contributed by atoms with Crippen LogP contribution in [0.15, 0.2) is 22.7 Å². The lowest BCUT2D eigenvalue weighted by Crippen LogP contribution is -2.33. The topological polar surface area (TPSA) is 58.6 Å². The monoisotopic (exact) mass is 301 g/mol. The van der Waals surface area contributed by atoms with Crippen molar-refractivity contribution < 1.29 is 14.6 Å². The minimum atomic E-state index is -0.893. The van der Waals surface area contributed by atoms with Gasteiger partial charge in [0, 0.05) is 6.04 Å². The highest BCUT2D eigenvalue weighted by molar-refractivity contribution is 9.10. The number of hydrogen-bond acceptors (Lipinski definition) is 3. The summed E-state index contributed by atoms with van der Waals surface area (Å²) < 4.78 is 5.85. The molecular weight excluding hydrogens is 286 g/mol. The number of carboxylic acids is 1. The molecular formula is C12H16BrNO3. The van der Waals surface area contributed by atoms with E-state index in [1.54, 1.807) is 25.3 Å². The SMILES string of the molecule is COc1ccc(C(NC(C)C)C(=O)O)cc1Br. The Hall–Kier alpha value is -1.07. The number of benzene rings is 1. The maximum Gasteiger partial charge on any atom is 0.325 e. The lowest BCUT2D eigenvalue weighted by Gasteiger charge is -2.18. The molecule has 17 heavy (non-hydrogen) atoms. The Kier molecular flexibility index (Phi) is 4.96. The molecule has 0 aliphatic rings. The number of carboxylic acid groups (broad SMARTS) is 1. The molecule has 0 saturated carbocycles. The third kappa shape index (κ3) is 3.71. The lowest BCUT2D eigenvalue weighted by atomic mass is 10.1. The molecule has 0 aliphatic heterocycles. The van der Waals surface area contributed by atoms with Crippen molar-refractivity contribution in [3.63, 3.8) is 0 Å². The molecule has 1 aromatic rings.